The molecule has 4 N–H and O–H groups in total. The van der Waals surface area contributed by atoms with Gasteiger partial charge in [0.15, 0.2) is 17.1 Å². The van der Waals surface area contributed by atoms with Gasteiger partial charge in [0.05, 0.1) is 18.1 Å². The van der Waals surface area contributed by atoms with Gasteiger partial charge >= 0.3 is 0 Å². The first-order chi connectivity index (χ1) is 12.4. The van der Waals surface area contributed by atoms with Gasteiger partial charge in [-0.05, 0) is 17.9 Å². The highest BCUT2D eigenvalue weighted by molar-refractivity contribution is 5.58. The van der Waals surface area contributed by atoms with Gasteiger partial charge in [0.2, 0.25) is 0 Å². The lowest BCUT2D eigenvalue weighted by Crippen LogP contribution is -2.03. The van der Waals surface area contributed by atoms with Gasteiger partial charge in [-0.3, -0.25) is 0 Å². The standard InChI is InChI=1S/C9H12N4.C8H11N5/c1-6(2)7-5-12-13-8(10)3-4-11-9(7)13;1-5(2)6-3-10-8-7(9)11-4-12-13(6)8/h3-6H,10H2,1-2H3;3-5H,1-2H3,(H2,9,11,12). The van der Waals surface area contributed by atoms with Crippen molar-refractivity contribution < 1.29 is 0 Å². The van der Waals surface area contributed by atoms with Crippen LogP contribution >= 0.6 is 0 Å². The highest BCUT2D eigenvalue weighted by atomic mass is 15.3. The van der Waals surface area contributed by atoms with Gasteiger partial charge in [-0.15, -0.1) is 0 Å². The second-order valence-electron chi connectivity index (χ2n) is 6.58. The van der Waals surface area contributed by atoms with Crippen LogP contribution in [0.25, 0.3) is 11.3 Å². The van der Waals surface area contributed by atoms with Crippen LogP contribution < -0.4 is 11.5 Å². The van der Waals surface area contributed by atoms with Crippen molar-refractivity contribution in [1.29, 1.82) is 0 Å². The number of hydrogen-bond acceptors (Lipinski definition) is 7. The van der Waals surface area contributed by atoms with Crippen molar-refractivity contribution >= 4 is 22.9 Å². The van der Waals surface area contributed by atoms with E-state index in [-0.39, 0.29) is 0 Å². The van der Waals surface area contributed by atoms with Crippen molar-refractivity contribution in [3.8, 4) is 0 Å². The molecule has 0 aliphatic rings. The third kappa shape index (κ3) is 3.15. The highest BCUT2D eigenvalue weighted by Crippen LogP contribution is 2.19. The van der Waals surface area contributed by atoms with E-state index in [2.05, 4.69) is 52.8 Å². The second kappa shape index (κ2) is 6.95. The summed E-state index contributed by atoms with van der Waals surface area (Å²) in [7, 11) is 0. The van der Waals surface area contributed by atoms with Gasteiger partial charge in [0, 0.05) is 11.8 Å². The van der Waals surface area contributed by atoms with Crippen LogP contribution in [0.5, 0.6) is 0 Å². The van der Waals surface area contributed by atoms with Crippen LogP contribution in [-0.4, -0.2) is 34.2 Å². The Labute approximate surface area is 151 Å². The molecular weight excluding hydrogens is 330 g/mol. The summed E-state index contributed by atoms with van der Waals surface area (Å²) < 4.78 is 3.39. The van der Waals surface area contributed by atoms with Gasteiger partial charge in [-0.1, -0.05) is 27.7 Å². The predicted octanol–water partition coefficient (Wildman–Crippen LogP) is 2.26. The summed E-state index contributed by atoms with van der Waals surface area (Å²) in [5.74, 6) is 1.84. The predicted molar refractivity (Wildman–Crippen MR) is 101 cm³/mol. The largest absolute Gasteiger partial charge is 0.384 e. The summed E-state index contributed by atoms with van der Waals surface area (Å²) in [6.07, 6.45) is 6.75. The molecule has 0 radical (unpaired) electrons. The Morgan fingerprint density at radius 1 is 0.846 bits per heavy atom. The summed E-state index contributed by atoms with van der Waals surface area (Å²) in [5, 5.41) is 8.25. The number of fused-ring (bicyclic) bond motifs is 2. The number of aromatic nitrogens is 7. The molecule has 4 rings (SSSR count). The second-order valence-corrected chi connectivity index (χ2v) is 6.58. The molecule has 0 fully saturated rings. The molecule has 0 unspecified atom stereocenters. The molecule has 0 amide bonds. The number of rotatable bonds is 2. The van der Waals surface area contributed by atoms with Crippen molar-refractivity contribution in [2.45, 2.75) is 39.5 Å². The first-order valence-electron chi connectivity index (χ1n) is 8.42. The fourth-order valence-corrected chi connectivity index (χ4v) is 2.58. The Kier molecular flexibility index (Phi) is 4.70. The van der Waals surface area contributed by atoms with Crippen LogP contribution in [-0.2, 0) is 0 Å². The van der Waals surface area contributed by atoms with Crippen LogP contribution in [0.4, 0.5) is 11.6 Å². The molecular formula is C17H23N9. The highest BCUT2D eigenvalue weighted by Gasteiger charge is 2.10. The van der Waals surface area contributed by atoms with Gasteiger partial charge in [-0.25, -0.2) is 19.5 Å². The van der Waals surface area contributed by atoms with E-state index < -0.39 is 0 Å². The Balaban J connectivity index is 0.000000151. The minimum Gasteiger partial charge on any atom is -0.384 e. The number of nitrogens with two attached hydrogens (primary N) is 2. The molecule has 0 aliphatic heterocycles. The Bertz CT molecular complexity index is 945. The van der Waals surface area contributed by atoms with E-state index in [4.69, 9.17) is 11.5 Å². The first kappa shape index (κ1) is 17.6. The van der Waals surface area contributed by atoms with Crippen LogP contribution in [0.1, 0.15) is 50.8 Å². The molecule has 0 bridgehead atoms. The van der Waals surface area contributed by atoms with E-state index in [1.807, 2.05) is 6.20 Å². The van der Waals surface area contributed by atoms with E-state index >= 15 is 0 Å². The van der Waals surface area contributed by atoms with Gasteiger partial charge in [0.1, 0.15) is 12.1 Å². The SMILES string of the molecule is CC(C)c1cnc2c(N)ncnn12.CC(C)c1cnn2c(N)ccnc12. The molecule has 0 saturated carbocycles. The summed E-state index contributed by atoms with van der Waals surface area (Å²) in [4.78, 5) is 12.3. The van der Waals surface area contributed by atoms with E-state index in [1.54, 1.807) is 27.5 Å². The lowest BCUT2D eigenvalue weighted by Gasteiger charge is -2.02. The third-order valence-corrected chi connectivity index (χ3v) is 4.03. The normalized spacial score (nSPS) is 11.3. The molecule has 0 spiro atoms. The monoisotopic (exact) mass is 353 g/mol. The average molecular weight is 353 g/mol. The number of nitrogen functional groups attached to an aromatic ring is 2. The maximum atomic E-state index is 5.73. The van der Waals surface area contributed by atoms with E-state index in [1.165, 1.54) is 6.33 Å². The van der Waals surface area contributed by atoms with Gasteiger partial charge in [-0.2, -0.15) is 14.7 Å². The molecule has 4 aromatic heterocycles. The quantitative estimate of drug-likeness (QED) is 0.566. The van der Waals surface area contributed by atoms with Crippen LogP contribution in [0.3, 0.4) is 0 Å². The fraction of sp³-hybridized carbons (Fsp3) is 0.353. The van der Waals surface area contributed by atoms with Crippen LogP contribution in [0.2, 0.25) is 0 Å². The smallest absolute Gasteiger partial charge is 0.196 e. The first-order valence-corrected chi connectivity index (χ1v) is 8.42. The summed E-state index contributed by atoms with van der Waals surface area (Å²) in [6, 6.07) is 1.74. The van der Waals surface area contributed by atoms with E-state index in [0.29, 0.717) is 29.1 Å². The van der Waals surface area contributed by atoms with Crippen molar-refractivity contribution in [3.05, 3.63) is 42.2 Å². The average Bonchev–Trinajstić information content (AvgIpc) is 3.21. The molecule has 0 aromatic carbocycles. The topological polar surface area (TPSA) is 125 Å². The summed E-state index contributed by atoms with van der Waals surface area (Å²) in [6.45, 7) is 8.40. The van der Waals surface area contributed by atoms with Crippen LogP contribution in [0.15, 0.2) is 31.0 Å². The zero-order valence-corrected chi connectivity index (χ0v) is 15.3. The fourth-order valence-electron chi connectivity index (χ4n) is 2.58. The molecule has 0 saturated heterocycles. The Morgan fingerprint density at radius 2 is 1.62 bits per heavy atom. The number of anilines is 2. The molecule has 136 valence electrons. The lowest BCUT2D eigenvalue weighted by molar-refractivity contribution is 0.752. The maximum Gasteiger partial charge on any atom is 0.196 e. The Morgan fingerprint density at radius 3 is 2.31 bits per heavy atom. The Hall–Kier alpha value is -3.23. The van der Waals surface area contributed by atoms with Crippen molar-refractivity contribution in [1.82, 2.24) is 34.2 Å². The summed E-state index contributed by atoms with van der Waals surface area (Å²) in [5.41, 5.74) is 15.0. The molecule has 9 nitrogen and oxygen atoms in total. The number of imidazole rings is 1. The van der Waals surface area contributed by atoms with Crippen LogP contribution in [0, 0.1) is 0 Å². The van der Waals surface area contributed by atoms with Crippen molar-refractivity contribution in [3.63, 3.8) is 0 Å². The molecule has 4 aromatic rings. The molecule has 4 heterocycles. The number of hydrogen-bond donors (Lipinski definition) is 2. The summed E-state index contributed by atoms with van der Waals surface area (Å²) >= 11 is 0. The van der Waals surface area contributed by atoms with Gasteiger partial charge < -0.3 is 11.5 Å². The molecule has 0 aliphatic carbocycles. The lowest BCUT2D eigenvalue weighted by atomic mass is 10.1. The minimum absolute atomic E-state index is 0.379. The van der Waals surface area contributed by atoms with E-state index in [0.717, 1.165) is 16.9 Å². The van der Waals surface area contributed by atoms with Gasteiger partial charge in [0.25, 0.3) is 0 Å². The maximum absolute atomic E-state index is 5.73. The molecule has 26 heavy (non-hydrogen) atoms. The minimum atomic E-state index is 0.379. The van der Waals surface area contributed by atoms with E-state index in [9.17, 15) is 0 Å². The van der Waals surface area contributed by atoms with Crippen molar-refractivity contribution in [2.75, 3.05) is 11.5 Å². The zero-order chi connectivity index (χ0) is 18.8. The number of nitrogens with zero attached hydrogens (tertiary/aromatic N) is 7. The third-order valence-electron chi connectivity index (χ3n) is 4.03. The zero-order valence-electron chi connectivity index (χ0n) is 15.3. The molecule has 0 atom stereocenters. The molecule has 9 heteroatoms. The van der Waals surface area contributed by atoms with Crippen molar-refractivity contribution in [2.24, 2.45) is 0 Å².